The summed E-state index contributed by atoms with van der Waals surface area (Å²) in [6.45, 7) is 4.33. The molecule has 2 atom stereocenters. The molecule has 168 valence electrons. The van der Waals surface area contributed by atoms with Gasteiger partial charge in [0.1, 0.15) is 5.82 Å². The van der Waals surface area contributed by atoms with Gasteiger partial charge >= 0.3 is 0 Å². The van der Waals surface area contributed by atoms with E-state index in [1.165, 1.54) is 25.1 Å². The van der Waals surface area contributed by atoms with Crippen molar-refractivity contribution in [1.82, 2.24) is 9.80 Å². The number of rotatable bonds is 5. The zero-order valence-corrected chi connectivity index (χ0v) is 18.5. The van der Waals surface area contributed by atoms with Crippen LogP contribution >= 0.6 is 11.6 Å². The fourth-order valence-corrected chi connectivity index (χ4v) is 4.38. The molecule has 0 aromatic heterocycles. The van der Waals surface area contributed by atoms with Crippen molar-refractivity contribution in [1.29, 1.82) is 0 Å². The van der Waals surface area contributed by atoms with Gasteiger partial charge in [-0.2, -0.15) is 0 Å². The number of anilines is 1. The smallest absolute Gasteiger partial charge is 0.246 e. The van der Waals surface area contributed by atoms with Crippen LogP contribution in [0.15, 0.2) is 48.5 Å². The molecule has 0 saturated carbocycles. The number of amides is 2. The fourth-order valence-electron chi connectivity index (χ4n) is 4.21. The number of ether oxygens (including phenoxy) is 1. The Hall–Kier alpha value is -2.74. The summed E-state index contributed by atoms with van der Waals surface area (Å²) in [5, 5.41) is 3.24. The minimum Gasteiger partial charge on any atom is -0.378 e. The largest absolute Gasteiger partial charge is 0.378 e. The summed E-state index contributed by atoms with van der Waals surface area (Å²) in [5.41, 5.74) is 2.30. The highest BCUT2D eigenvalue weighted by molar-refractivity contribution is 6.31. The van der Waals surface area contributed by atoms with Crippen LogP contribution in [-0.4, -0.2) is 60.0 Å². The van der Waals surface area contributed by atoms with E-state index in [1.807, 2.05) is 4.90 Å². The average molecular weight is 458 g/mol. The molecule has 2 aliphatic rings. The van der Waals surface area contributed by atoms with Crippen molar-refractivity contribution in [3.05, 3.63) is 70.5 Å². The summed E-state index contributed by atoms with van der Waals surface area (Å²) in [7, 11) is 0. The summed E-state index contributed by atoms with van der Waals surface area (Å²) in [6, 6.07) is 11.8. The first-order chi connectivity index (χ1) is 15.4. The van der Waals surface area contributed by atoms with Crippen LogP contribution in [0.3, 0.4) is 0 Å². The lowest BCUT2D eigenvalue weighted by molar-refractivity contribution is -0.141. The molecule has 2 heterocycles. The third-order valence-electron chi connectivity index (χ3n) is 5.74. The number of benzene rings is 2. The van der Waals surface area contributed by atoms with Crippen LogP contribution in [0.4, 0.5) is 10.1 Å². The van der Waals surface area contributed by atoms with Crippen molar-refractivity contribution in [2.45, 2.75) is 25.6 Å². The van der Waals surface area contributed by atoms with Gasteiger partial charge in [0.05, 0.1) is 25.3 Å². The maximum atomic E-state index is 13.2. The Morgan fingerprint density at radius 2 is 1.84 bits per heavy atom. The van der Waals surface area contributed by atoms with Gasteiger partial charge in [-0.3, -0.25) is 14.5 Å². The van der Waals surface area contributed by atoms with Crippen molar-refractivity contribution in [3.63, 3.8) is 0 Å². The average Bonchev–Trinajstić information content (AvgIpc) is 2.74. The Morgan fingerprint density at radius 1 is 1.16 bits per heavy atom. The first-order valence-electron chi connectivity index (χ1n) is 10.5. The second kappa shape index (κ2) is 9.81. The van der Waals surface area contributed by atoms with Gasteiger partial charge in [-0.1, -0.05) is 29.8 Å². The molecule has 2 aromatic rings. The molecule has 4 rings (SSSR count). The number of morpholine rings is 1. The van der Waals surface area contributed by atoms with Gasteiger partial charge in [0.15, 0.2) is 0 Å². The Labute approximate surface area is 191 Å². The molecule has 2 unspecified atom stereocenters. The van der Waals surface area contributed by atoms with Crippen molar-refractivity contribution in [3.8, 4) is 0 Å². The third kappa shape index (κ3) is 5.35. The quantitative estimate of drug-likeness (QED) is 0.697. The number of carbonyl (C=O) groups excluding carboxylic acids is 2. The first-order valence-corrected chi connectivity index (χ1v) is 10.9. The van der Waals surface area contributed by atoms with E-state index in [9.17, 15) is 14.0 Å². The molecule has 32 heavy (non-hydrogen) atoms. The molecule has 2 bridgehead atoms. The molecular weight excluding hydrogens is 433 g/mol. The lowest BCUT2D eigenvalue weighted by atomic mass is 10.0. The fraction of sp³-hybridized carbons (Fsp3) is 0.333. The molecule has 2 saturated heterocycles. The van der Waals surface area contributed by atoms with Crippen molar-refractivity contribution < 1.29 is 18.7 Å². The number of hydrogen-bond donors (Lipinski definition) is 1. The van der Waals surface area contributed by atoms with Gasteiger partial charge in [-0.15, -0.1) is 0 Å². The highest BCUT2D eigenvalue weighted by atomic mass is 35.5. The number of nitrogens with zero attached hydrogens (tertiary/aromatic N) is 2. The Kier molecular flexibility index (Phi) is 6.89. The predicted octanol–water partition coefficient (Wildman–Crippen LogP) is 3.56. The standard InChI is InChI=1S/C24H25ClFN3O3/c1-16(30)27-23-10-19(25)6-4-18(23)5-9-24(31)28-12-21-14-32-15-22(13-28)29(21)11-17-2-7-20(26)8-3-17/h2-10,21-22H,11-15H2,1H3,(H,27,30). The molecule has 0 aliphatic carbocycles. The number of piperazine rings is 1. The van der Waals surface area contributed by atoms with E-state index < -0.39 is 0 Å². The zero-order chi connectivity index (χ0) is 22.7. The summed E-state index contributed by atoms with van der Waals surface area (Å²) in [4.78, 5) is 28.6. The second-order valence-corrected chi connectivity index (χ2v) is 8.57. The maximum absolute atomic E-state index is 13.2. The number of carbonyl (C=O) groups is 2. The molecule has 2 aliphatic heterocycles. The zero-order valence-electron chi connectivity index (χ0n) is 17.8. The molecule has 8 heteroatoms. The van der Waals surface area contributed by atoms with E-state index >= 15 is 0 Å². The van der Waals surface area contributed by atoms with Gasteiger partial charge in [0.2, 0.25) is 11.8 Å². The predicted molar refractivity (Wildman–Crippen MR) is 122 cm³/mol. The minimum atomic E-state index is -0.248. The maximum Gasteiger partial charge on any atom is 0.246 e. The number of fused-ring (bicyclic) bond motifs is 2. The van der Waals surface area contributed by atoms with Crippen LogP contribution < -0.4 is 5.32 Å². The van der Waals surface area contributed by atoms with E-state index in [4.69, 9.17) is 16.3 Å². The van der Waals surface area contributed by atoms with Crippen LogP contribution in [0.2, 0.25) is 5.02 Å². The van der Waals surface area contributed by atoms with Crippen LogP contribution in [0, 0.1) is 5.82 Å². The molecule has 0 radical (unpaired) electrons. The summed E-state index contributed by atoms with van der Waals surface area (Å²) in [6.07, 6.45) is 3.22. The van der Waals surface area contributed by atoms with Gasteiger partial charge in [0, 0.05) is 43.3 Å². The van der Waals surface area contributed by atoms with E-state index in [0.29, 0.717) is 49.1 Å². The van der Waals surface area contributed by atoms with E-state index in [0.717, 1.165) is 5.56 Å². The van der Waals surface area contributed by atoms with Crippen LogP contribution in [-0.2, 0) is 20.9 Å². The highest BCUT2D eigenvalue weighted by Crippen LogP contribution is 2.25. The summed E-state index contributed by atoms with van der Waals surface area (Å²) in [5.74, 6) is -0.549. The number of nitrogens with one attached hydrogen (secondary N) is 1. The summed E-state index contributed by atoms with van der Waals surface area (Å²) >= 11 is 6.03. The van der Waals surface area contributed by atoms with E-state index in [2.05, 4.69) is 10.2 Å². The molecule has 0 spiro atoms. The molecule has 1 N–H and O–H groups in total. The Morgan fingerprint density at radius 3 is 2.50 bits per heavy atom. The lowest BCUT2D eigenvalue weighted by Gasteiger charge is -2.49. The van der Waals surface area contributed by atoms with Crippen LogP contribution in [0.1, 0.15) is 18.1 Å². The first kappa shape index (κ1) is 22.5. The van der Waals surface area contributed by atoms with E-state index in [1.54, 1.807) is 36.4 Å². The molecule has 2 aromatic carbocycles. The van der Waals surface area contributed by atoms with Gasteiger partial charge in [-0.05, 0) is 41.5 Å². The van der Waals surface area contributed by atoms with Crippen molar-refractivity contribution in [2.24, 2.45) is 0 Å². The van der Waals surface area contributed by atoms with Crippen LogP contribution in [0.5, 0.6) is 0 Å². The van der Waals surface area contributed by atoms with Crippen molar-refractivity contribution in [2.75, 3.05) is 31.6 Å². The Balaban J connectivity index is 1.44. The molecule has 6 nitrogen and oxygen atoms in total. The lowest BCUT2D eigenvalue weighted by Crippen LogP contribution is -2.64. The monoisotopic (exact) mass is 457 g/mol. The van der Waals surface area contributed by atoms with Gasteiger partial charge in [0.25, 0.3) is 0 Å². The second-order valence-electron chi connectivity index (χ2n) is 8.13. The van der Waals surface area contributed by atoms with Gasteiger partial charge in [-0.25, -0.2) is 4.39 Å². The third-order valence-corrected chi connectivity index (χ3v) is 5.98. The minimum absolute atomic E-state index is 0.0791. The normalized spacial score (nSPS) is 21.0. The SMILES string of the molecule is CC(=O)Nc1cc(Cl)ccc1C=CC(=O)N1CC2COCC(C1)N2Cc1ccc(F)cc1. The van der Waals surface area contributed by atoms with Gasteiger partial charge < -0.3 is 15.0 Å². The highest BCUT2D eigenvalue weighted by Gasteiger charge is 2.39. The summed E-state index contributed by atoms with van der Waals surface area (Å²) < 4.78 is 19.0. The van der Waals surface area contributed by atoms with Crippen LogP contribution in [0.25, 0.3) is 6.08 Å². The van der Waals surface area contributed by atoms with Crippen molar-refractivity contribution >= 4 is 35.2 Å². The Bertz CT molecular complexity index is 1010. The van der Waals surface area contributed by atoms with E-state index in [-0.39, 0.29) is 29.7 Å². The molecule has 2 fully saturated rings. The molecular formula is C24H25ClFN3O3. The topological polar surface area (TPSA) is 61.9 Å². The number of hydrogen-bond acceptors (Lipinski definition) is 4. The molecule has 2 amide bonds. The number of halogens is 2.